The average Bonchev–Trinajstić information content (AvgIpc) is 2.44. The standard InChI is InChI=1S/C16H17NO3/c1-11-3-2-4-14(15(11)19)16(20)17-13-7-5-12(6-8-13)9-10-18/h2-8,18-19H,9-10H2,1H3,(H,17,20). The molecule has 2 aromatic rings. The Morgan fingerprint density at radius 1 is 1.15 bits per heavy atom. The van der Waals surface area contributed by atoms with Gasteiger partial charge in [-0.1, -0.05) is 24.3 Å². The number of amides is 1. The summed E-state index contributed by atoms with van der Waals surface area (Å²) in [6.45, 7) is 1.85. The van der Waals surface area contributed by atoms with Gasteiger partial charge in [0.05, 0.1) is 5.56 Å². The van der Waals surface area contributed by atoms with Crippen molar-refractivity contribution in [2.24, 2.45) is 0 Å². The number of nitrogens with one attached hydrogen (secondary N) is 1. The second-order valence-electron chi connectivity index (χ2n) is 4.60. The Balaban J connectivity index is 2.13. The second kappa shape index (κ2) is 6.21. The lowest BCUT2D eigenvalue weighted by molar-refractivity contribution is 0.102. The molecule has 2 aromatic carbocycles. The fourth-order valence-electron chi connectivity index (χ4n) is 1.92. The molecule has 0 aliphatic carbocycles. The topological polar surface area (TPSA) is 69.6 Å². The molecule has 4 heteroatoms. The van der Waals surface area contributed by atoms with Crippen molar-refractivity contribution in [3.63, 3.8) is 0 Å². The van der Waals surface area contributed by atoms with E-state index in [-0.39, 0.29) is 23.8 Å². The van der Waals surface area contributed by atoms with Gasteiger partial charge in [0.15, 0.2) is 0 Å². The van der Waals surface area contributed by atoms with E-state index in [0.29, 0.717) is 17.7 Å². The summed E-state index contributed by atoms with van der Waals surface area (Å²) in [4.78, 5) is 12.1. The number of aryl methyl sites for hydroxylation is 1. The maximum absolute atomic E-state index is 12.1. The molecule has 104 valence electrons. The highest BCUT2D eigenvalue weighted by Gasteiger charge is 2.12. The minimum atomic E-state index is -0.346. The van der Waals surface area contributed by atoms with E-state index in [1.54, 1.807) is 37.3 Å². The Labute approximate surface area is 117 Å². The molecule has 0 aliphatic heterocycles. The molecule has 0 radical (unpaired) electrons. The van der Waals surface area contributed by atoms with Gasteiger partial charge in [0, 0.05) is 12.3 Å². The molecule has 0 atom stereocenters. The van der Waals surface area contributed by atoms with Crippen molar-refractivity contribution in [3.8, 4) is 5.75 Å². The predicted octanol–water partition coefficient (Wildman–Crippen LogP) is 2.49. The lowest BCUT2D eigenvalue weighted by atomic mass is 10.1. The van der Waals surface area contributed by atoms with Gasteiger partial charge in [0.1, 0.15) is 5.75 Å². The van der Waals surface area contributed by atoms with Gasteiger partial charge in [0.2, 0.25) is 0 Å². The number of para-hydroxylation sites is 1. The first-order chi connectivity index (χ1) is 9.61. The van der Waals surface area contributed by atoms with E-state index in [0.717, 1.165) is 5.56 Å². The van der Waals surface area contributed by atoms with Gasteiger partial charge in [-0.2, -0.15) is 0 Å². The van der Waals surface area contributed by atoms with Gasteiger partial charge in [-0.05, 0) is 42.7 Å². The molecule has 3 N–H and O–H groups in total. The summed E-state index contributed by atoms with van der Waals surface area (Å²) in [7, 11) is 0. The number of phenols is 1. The van der Waals surface area contributed by atoms with Crippen LogP contribution in [0.3, 0.4) is 0 Å². The molecular weight excluding hydrogens is 254 g/mol. The van der Waals surface area contributed by atoms with Crippen LogP contribution in [-0.2, 0) is 6.42 Å². The van der Waals surface area contributed by atoms with Gasteiger partial charge >= 0.3 is 0 Å². The van der Waals surface area contributed by atoms with Gasteiger partial charge in [0.25, 0.3) is 5.91 Å². The molecule has 0 bridgehead atoms. The van der Waals surface area contributed by atoms with E-state index in [1.165, 1.54) is 0 Å². The van der Waals surface area contributed by atoms with Crippen LogP contribution in [0.15, 0.2) is 42.5 Å². The number of hydrogen-bond acceptors (Lipinski definition) is 3. The Morgan fingerprint density at radius 3 is 2.50 bits per heavy atom. The average molecular weight is 271 g/mol. The van der Waals surface area contributed by atoms with Crippen LogP contribution in [-0.4, -0.2) is 22.7 Å². The molecule has 0 spiro atoms. The number of rotatable bonds is 4. The molecule has 20 heavy (non-hydrogen) atoms. The molecule has 4 nitrogen and oxygen atoms in total. The number of anilines is 1. The fourth-order valence-corrected chi connectivity index (χ4v) is 1.92. The number of carbonyl (C=O) groups is 1. The van der Waals surface area contributed by atoms with Crippen LogP contribution in [0.5, 0.6) is 5.75 Å². The number of aromatic hydroxyl groups is 1. The van der Waals surface area contributed by atoms with Crippen LogP contribution in [0.1, 0.15) is 21.5 Å². The third-order valence-electron chi connectivity index (χ3n) is 3.09. The van der Waals surface area contributed by atoms with Crippen LogP contribution in [0.2, 0.25) is 0 Å². The van der Waals surface area contributed by atoms with Gasteiger partial charge < -0.3 is 15.5 Å². The smallest absolute Gasteiger partial charge is 0.259 e. The minimum absolute atomic E-state index is 0.00176. The maximum atomic E-state index is 12.1. The number of benzene rings is 2. The lowest BCUT2D eigenvalue weighted by Gasteiger charge is -2.09. The SMILES string of the molecule is Cc1cccc(C(=O)Nc2ccc(CCO)cc2)c1O. The van der Waals surface area contributed by atoms with Crippen molar-refractivity contribution >= 4 is 11.6 Å². The lowest BCUT2D eigenvalue weighted by Crippen LogP contribution is -2.12. The minimum Gasteiger partial charge on any atom is -0.507 e. The van der Waals surface area contributed by atoms with Crippen molar-refractivity contribution < 1.29 is 15.0 Å². The first kappa shape index (κ1) is 14.1. The third-order valence-corrected chi connectivity index (χ3v) is 3.09. The Bertz CT molecular complexity index is 606. The van der Waals surface area contributed by atoms with Crippen LogP contribution in [0.25, 0.3) is 0 Å². The molecule has 2 rings (SSSR count). The van der Waals surface area contributed by atoms with E-state index in [9.17, 15) is 9.90 Å². The van der Waals surface area contributed by atoms with E-state index in [1.807, 2.05) is 12.1 Å². The van der Waals surface area contributed by atoms with Crippen LogP contribution >= 0.6 is 0 Å². The first-order valence-corrected chi connectivity index (χ1v) is 6.41. The zero-order valence-corrected chi connectivity index (χ0v) is 11.3. The number of aliphatic hydroxyl groups is 1. The van der Waals surface area contributed by atoms with Crippen LogP contribution in [0, 0.1) is 6.92 Å². The maximum Gasteiger partial charge on any atom is 0.259 e. The molecule has 0 aromatic heterocycles. The highest BCUT2D eigenvalue weighted by Crippen LogP contribution is 2.22. The summed E-state index contributed by atoms with van der Waals surface area (Å²) in [6.07, 6.45) is 0.590. The van der Waals surface area contributed by atoms with Crippen LogP contribution < -0.4 is 5.32 Å². The van der Waals surface area contributed by atoms with Crippen molar-refractivity contribution in [3.05, 3.63) is 59.2 Å². The zero-order chi connectivity index (χ0) is 14.5. The monoisotopic (exact) mass is 271 g/mol. The summed E-state index contributed by atoms with van der Waals surface area (Å²) in [5.74, 6) is -0.344. The van der Waals surface area contributed by atoms with E-state index in [4.69, 9.17) is 5.11 Å². The highest BCUT2D eigenvalue weighted by molar-refractivity contribution is 6.06. The number of hydrogen-bond donors (Lipinski definition) is 3. The number of carbonyl (C=O) groups excluding carboxylic acids is 1. The zero-order valence-electron chi connectivity index (χ0n) is 11.3. The second-order valence-corrected chi connectivity index (χ2v) is 4.60. The van der Waals surface area contributed by atoms with Crippen molar-refractivity contribution in [1.82, 2.24) is 0 Å². The number of phenolic OH excluding ortho intramolecular Hbond substituents is 1. The fraction of sp³-hybridized carbons (Fsp3) is 0.188. The quantitative estimate of drug-likeness (QED) is 0.800. The Hall–Kier alpha value is -2.33. The van der Waals surface area contributed by atoms with E-state index < -0.39 is 0 Å². The first-order valence-electron chi connectivity index (χ1n) is 6.41. The summed E-state index contributed by atoms with van der Waals surface area (Å²) >= 11 is 0. The third kappa shape index (κ3) is 3.16. The molecule has 0 heterocycles. The Kier molecular flexibility index (Phi) is 4.38. The van der Waals surface area contributed by atoms with E-state index >= 15 is 0 Å². The van der Waals surface area contributed by atoms with Gasteiger partial charge in [-0.15, -0.1) is 0 Å². The molecule has 1 amide bonds. The molecule has 0 unspecified atom stereocenters. The van der Waals surface area contributed by atoms with Crippen molar-refractivity contribution in [2.75, 3.05) is 11.9 Å². The van der Waals surface area contributed by atoms with E-state index in [2.05, 4.69) is 5.32 Å². The van der Waals surface area contributed by atoms with Crippen molar-refractivity contribution in [2.45, 2.75) is 13.3 Å². The largest absolute Gasteiger partial charge is 0.507 e. The van der Waals surface area contributed by atoms with Crippen LogP contribution in [0.4, 0.5) is 5.69 Å². The molecule has 0 saturated carbocycles. The molecule has 0 aliphatic rings. The summed E-state index contributed by atoms with van der Waals surface area (Å²) in [5, 5.41) is 21.4. The summed E-state index contributed by atoms with van der Waals surface area (Å²) < 4.78 is 0. The highest BCUT2D eigenvalue weighted by atomic mass is 16.3. The van der Waals surface area contributed by atoms with Crippen molar-refractivity contribution in [1.29, 1.82) is 0 Å². The molecule has 0 fully saturated rings. The van der Waals surface area contributed by atoms with Gasteiger partial charge in [-0.25, -0.2) is 0 Å². The number of aliphatic hydroxyl groups excluding tert-OH is 1. The predicted molar refractivity (Wildman–Crippen MR) is 78.0 cm³/mol. The molecule has 0 saturated heterocycles. The Morgan fingerprint density at radius 2 is 1.85 bits per heavy atom. The normalized spacial score (nSPS) is 10.3. The summed E-state index contributed by atoms with van der Waals surface area (Å²) in [5.41, 5.74) is 2.57. The van der Waals surface area contributed by atoms with Gasteiger partial charge in [-0.3, -0.25) is 4.79 Å². The summed E-state index contributed by atoms with van der Waals surface area (Å²) in [6, 6.07) is 12.3. The molecular formula is C16H17NO3.